The van der Waals surface area contributed by atoms with Crippen molar-refractivity contribution in [3.8, 4) is 22.4 Å². The molecule has 0 atom stereocenters. The monoisotopic (exact) mass is 435 g/mol. The number of rotatable bonds is 3. The Morgan fingerprint density at radius 3 is 2.30 bits per heavy atom. The molecule has 6 nitrogen and oxygen atoms in total. The highest BCUT2D eigenvalue weighted by atomic mass is 32.2. The third-order valence-corrected chi connectivity index (χ3v) is 5.84. The molecular weight excluding hydrogens is 419 g/mol. The molecule has 0 amide bonds. The molecule has 0 aliphatic heterocycles. The fourth-order valence-electron chi connectivity index (χ4n) is 3.54. The van der Waals surface area contributed by atoms with Gasteiger partial charge in [-0.25, -0.2) is 0 Å². The van der Waals surface area contributed by atoms with Crippen molar-refractivity contribution >= 4 is 21.0 Å². The number of aryl methyl sites for hydroxylation is 2. The van der Waals surface area contributed by atoms with Gasteiger partial charge < -0.3 is 4.57 Å². The van der Waals surface area contributed by atoms with Gasteiger partial charge in [0.25, 0.3) is 10.1 Å². The van der Waals surface area contributed by atoms with Crippen molar-refractivity contribution in [2.24, 2.45) is 14.1 Å². The SMILES string of the molecule is Cn1nccc1-c1cc(C(F)(F)F)ccc1-c1cn(C)c2cc(S(=O)(=O)O)ccc12. The van der Waals surface area contributed by atoms with Crippen LogP contribution in [0, 0.1) is 0 Å². The highest BCUT2D eigenvalue weighted by molar-refractivity contribution is 7.85. The average molecular weight is 435 g/mol. The van der Waals surface area contributed by atoms with Crippen LogP contribution in [0.15, 0.2) is 59.8 Å². The first-order valence-electron chi connectivity index (χ1n) is 8.73. The number of alkyl halides is 3. The zero-order valence-electron chi connectivity index (χ0n) is 15.8. The first kappa shape index (κ1) is 20.2. The maximum absolute atomic E-state index is 13.4. The highest BCUT2D eigenvalue weighted by Gasteiger charge is 2.32. The van der Waals surface area contributed by atoms with Gasteiger partial charge in [0, 0.05) is 48.5 Å². The van der Waals surface area contributed by atoms with Crippen molar-refractivity contribution < 1.29 is 26.1 Å². The van der Waals surface area contributed by atoms with Gasteiger partial charge in [-0.1, -0.05) is 12.1 Å². The zero-order chi connectivity index (χ0) is 21.8. The van der Waals surface area contributed by atoms with Crippen LogP contribution < -0.4 is 0 Å². The summed E-state index contributed by atoms with van der Waals surface area (Å²) in [6, 6.07) is 9.23. The molecule has 0 saturated carbocycles. The fraction of sp³-hybridized carbons (Fsp3) is 0.150. The van der Waals surface area contributed by atoms with Crippen molar-refractivity contribution in [2.75, 3.05) is 0 Å². The molecule has 2 heterocycles. The summed E-state index contributed by atoms with van der Waals surface area (Å²) in [7, 11) is -1.06. The second-order valence-corrected chi connectivity index (χ2v) is 8.33. The number of hydrogen-bond donors (Lipinski definition) is 1. The Hall–Kier alpha value is -3.11. The minimum atomic E-state index is -4.50. The van der Waals surface area contributed by atoms with E-state index in [-0.39, 0.29) is 4.90 Å². The molecule has 156 valence electrons. The topological polar surface area (TPSA) is 77.1 Å². The van der Waals surface area contributed by atoms with E-state index in [1.165, 1.54) is 35.1 Å². The zero-order valence-corrected chi connectivity index (χ0v) is 16.7. The standard InChI is InChI=1S/C20H16F3N3O3S/c1-25-11-17(15-6-4-13(10-19(15)25)30(27,28)29)14-5-3-12(20(21,22)23)9-16(14)18-7-8-24-26(18)2/h3-11H,1-2H3,(H,27,28,29). The molecule has 0 aliphatic carbocycles. The van der Waals surface area contributed by atoms with E-state index in [4.69, 9.17) is 0 Å². The molecule has 4 rings (SSSR count). The van der Waals surface area contributed by atoms with E-state index in [1.807, 2.05) is 0 Å². The van der Waals surface area contributed by atoms with E-state index in [1.54, 1.807) is 30.9 Å². The molecule has 0 radical (unpaired) electrons. The average Bonchev–Trinajstić information content (AvgIpc) is 3.23. The maximum atomic E-state index is 13.4. The van der Waals surface area contributed by atoms with E-state index >= 15 is 0 Å². The summed E-state index contributed by atoms with van der Waals surface area (Å²) >= 11 is 0. The summed E-state index contributed by atoms with van der Waals surface area (Å²) in [6.45, 7) is 0. The van der Waals surface area contributed by atoms with E-state index in [2.05, 4.69) is 5.10 Å². The van der Waals surface area contributed by atoms with Gasteiger partial charge in [0.1, 0.15) is 0 Å². The Bertz CT molecular complexity index is 1390. The minimum Gasteiger partial charge on any atom is -0.350 e. The van der Waals surface area contributed by atoms with Gasteiger partial charge in [0.05, 0.1) is 16.2 Å². The Labute approximate surface area is 169 Å². The second-order valence-electron chi connectivity index (χ2n) is 6.91. The number of aromatic nitrogens is 3. The van der Waals surface area contributed by atoms with Gasteiger partial charge in [0.2, 0.25) is 0 Å². The minimum absolute atomic E-state index is 0.262. The lowest BCUT2D eigenvalue weighted by Gasteiger charge is -2.14. The van der Waals surface area contributed by atoms with E-state index < -0.39 is 21.9 Å². The molecule has 0 bridgehead atoms. The van der Waals surface area contributed by atoms with Crippen LogP contribution in [-0.2, 0) is 30.4 Å². The Balaban J connectivity index is 2.01. The molecule has 1 N–H and O–H groups in total. The lowest BCUT2D eigenvalue weighted by molar-refractivity contribution is -0.137. The van der Waals surface area contributed by atoms with Crippen LogP contribution in [0.5, 0.6) is 0 Å². The molecule has 30 heavy (non-hydrogen) atoms. The van der Waals surface area contributed by atoms with Crippen molar-refractivity contribution in [3.05, 3.63) is 60.4 Å². The number of benzene rings is 2. The van der Waals surface area contributed by atoms with Crippen LogP contribution in [0.1, 0.15) is 5.56 Å². The third-order valence-electron chi connectivity index (χ3n) is 4.99. The fourth-order valence-corrected chi connectivity index (χ4v) is 4.04. The molecule has 0 saturated heterocycles. The molecule has 0 unspecified atom stereocenters. The largest absolute Gasteiger partial charge is 0.416 e. The summed E-state index contributed by atoms with van der Waals surface area (Å²) in [5, 5.41) is 4.69. The predicted molar refractivity (Wildman–Crippen MR) is 105 cm³/mol. The van der Waals surface area contributed by atoms with Crippen LogP contribution in [0.2, 0.25) is 0 Å². The summed E-state index contributed by atoms with van der Waals surface area (Å²) < 4.78 is 75.5. The van der Waals surface area contributed by atoms with Crippen LogP contribution in [-0.4, -0.2) is 27.3 Å². The van der Waals surface area contributed by atoms with Crippen molar-refractivity contribution in [2.45, 2.75) is 11.1 Å². The van der Waals surface area contributed by atoms with E-state index in [9.17, 15) is 26.1 Å². The van der Waals surface area contributed by atoms with E-state index in [0.29, 0.717) is 33.3 Å². The molecule has 0 aliphatic rings. The molecule has 0 fully saturated rings. The molecule has 2 aromatic carbocycles. The molecule has 0 spiro atoms. The number of halogens is 3. The third kappa shape index (κ3) is 3.37. The van der Waals surface area contributed by atoms with Crippen molar-refractivity contribution in [1.29, 1.82) is 0 Å². The first-order valence-corrected chi connectivity index (χ1v) is 10.2. The Kier molecular flexibility index (Phi) is 4.51. The highest BCUT2D eigenvalue weighted by Crippen LogP contribution is 2.40. The normalized spacial score (nSPS) is 12.6. The number of hydrogen-bond acceptors (Lipinski definition) is 3. The van der Waals surface area contributed by atoms with Gasteiger partial charge >= 0.3 is 6.18 Å². The van der Waals surface area contributed by atoms with Gasteiger partial charge in [-0.2, -0.15) is 26.7 Å². The lowest BCUT2D eigenvalue weighted by atomic mass is 9.95. The van der Waals surface area contributed by atoms with Gasteiger partial charge in [-0.3, -0.25) is 9.23 Å². The van der Waals surface area contributed by atoms with Crippen LogP contribution in [0.4, 0.5) is 13.2 Å². The van der Waals surface area contributed by atoms with E-state index in [0.717, 1.165) is 12.1 Å². The lowest BCUT2D eigenvalue weighted by Crippen LogP contribution is -2.06. The molecule has 2 aromatic heterocycles. The summed E-state index contributed by atoms with van der Waals surface area (Å²) in [5.41, 5.74) is 1.74. The van der Waals surface area contributed by atoms with Gasteiger partial charge in [-0.15, -0.1) is 0 Å². The van der Waals surface area contributed by atoms with Gasteiger partial charge in [0.15, 0.2) is 0 Å². The first-order chi connectivity index (χ1) is 14.0. The quantitative estimate of drug-likeness (QED) is 0.481. The molecule has 10 heteroatoms. The molecule has 4 aromatic rings. The number of fused-ring (bicyclic) bond motifs is 1. The van der Waals surface area contributed by atoms with Crippen LogP contribution in [0.3, 0.4) is 0 Å². The number of nitrogens with zero attached hydrogens (tertiary/aromatic N) is 3. The summed E-state index contributed by atoms with van der Waals surface area (Å²) in [6.07, 6.45) is -1.29. The summed E-state index contributed by atoms with van der Waals surface area (Å²) in [5.74, 6) is 0. The Morgan fingerprint density at radius 1 is 0.967 bits per heavy atom. The predicted octanol–water partition coefficient (Wildman–Crippen LogP) is 4.51. The van der Waals surface area contributed by atoms with Crippen LogP contribution >= 0.6 is 0 Å². The maximum Gasteiger partial charge on any atom is 0.416 e. The van der Waals surface area contributed by atoms with Gasteiger partial charge in [-0.05, 0) is 35.9 Å². The van der Waals surface area contributed by atoms with Crippen molar-refractivity contribution in [3.63, 3.8) is 0 Å². The van der Waals surface area contributed by atoms with Crippen molar-refractivity contribution in [1.82, 2.24) is 14.3 Å². The summed E-state index contributed by atoms with van der Waals surface area (Å²) in [4.78, 5) is -0.262. The Morgan fingerprint density at radius 2 is 1.70 bits per heavy atom. The molecular formula is C20H16F3N3O3S. The van der Waals surface area contributed by atoms with Crippen LogP contribution in [0.25, 0.3) is 33.3 Å². The smallest absolute Gasteiger partial charge is 0.350 e. The second kappa shape index (κ2) is 6.71.